The first kappa shape index (κ1) is 17.0. The predicted octanol–water partition coefficient (Wildman–Crippen LogP) is 4.88. The molecule has 0 saturated heterocycles. The van der Waals surface area contributed by atoms with Gasteiger partial charge in [-0.1, -0.05) is 56.3 Å². The van der Waals surface area contributed by atoms with Crippen LogP contribution < -0.4 is 4.57 Å². The Labute approximate surface area is 175 Å². The topological polar surface area (TPSA) is 33.3 Å². The van der Waals surface area contributed by atoms with Crippen LogP contribution in [0.4, 0.5) is 0 Å². The number of hydrogen-bond acceptors (Lipinski definition) is 2. The summed E-state index contributed by atoms with van der Waals surface area (Å²) in [7, 11) is 1.63. The Morgan fingerprint density at radius 2 is 1.73 bits per heavy atom. The van der Waals surface area contributed by atoms with E-state index < -0.39 is 5.79 Å². The van der Waals surface area contributed by atoms with Gasteiger partial charge in [-0.25, -0.2) is 0 Å². The summed E-state index contributed by atoms with van der Waals surface area (Å²) in [6.07, 6.45) is 0. The van der Waals surface area contributed by atoms with Gasteiger partial charge < -0.3 is 9.84 Å². The molecule has 1 saturated carbocycles. The molecule has 0 radical (unpaired) electrons. The molecule has 7 rings (SSSR count). The summed E-state index contributed by atoms with van der Waals surface area (Å²) >= 11 is 0. The fourth-order valence-corrected chi connectivity index (χ4v) is 6.49. The molecule has 3 unspecified atom stereocenters. The number of benzene rings is 3. The van der Waals surface area contributed by atoms with Gasteiger partial charge in [0.15, 0.2) is 0 Å². The molecule has 3 atom stereocenters. The zero-order valence-corrected chi connectivity index (χ0v) is 17.7. The number of para-hydroxylation sites is 1. The van der Waals surface area contributed by atoms with Gasteiger partial charge in [0.2, 0.25) is 23.0 Å². The number of pyridine rings is 1. The van der Waals surface area contributed by atoms with E-state index in [4.69, 9.17) is 4.74 Å². The molecule has 4 aromatic rings. The minimum Gasteiger partial charge on any atom is -0.360 e. The molecule has 2 heterocycles. The van der Waals surface area contributed by atoms with Gasteiger partial charge >= 0.3 is 0 Å². The number of rotatable bonds is 1. The number of hydrogen-bond donors (Lipinski definition) is 1. The van der Waals surface area contributed by atoms with Gasteiger partial charge in [0.1, 0.15) is 5.92 Å². The van der Waals surface area contributed by atoms with Crippen molar-refractivity contribution in [1.82, 2.24) is 0 Å². The minimum absolute atomic E-state index is 0.0493. The van der Waals surface area contributed by atoms with Gasteiger partial charge in [-0.15, -0.1) is 0 Å². The summed E-state index contributed by atoms with van der Waals surface area (Å²) in [4.78, 5) is 0. The van der Waals surface area contributed by atoms with Crippen LogP contribution in [0.3, 0.4) is 0 Å². The standard InChI is InChI=1S/C27H24NO2/c1-14-7-5-9-16-13-19-24-21-17(22-25(27(22,29)30-4)28(24)23(14)16)12-11-15-8-6-10-18(20(15)21)26(19,2)3/h5-13,22,25,29H,1-4H3/q+1. The molecular formula is C27H24NO2+. The first-order valence-electron chi connectivity index (χ1n) is 10.7. The van der Waals surface area contributed by atoms with Crippen LogP contribution in [0.5, 0.6) is 0 Å². The molecule has 1 aromatic heterocycles. The van der Waals surface area contributed by atoms with Crippen LogP contribution in [-0.4, -0.2) is 18.0 Å². The Balaban J connectivity index is 1.80. The van der Waals surface area contributed by atoms with Gasteiger partial charge in [-0.3, -0.25) is 0 Å². The van der Waals surface area contributed by atoms with Crippen molar-refractivity contribution in [3.63, 3.8) is 0 Å². The van der Waals surface area contributed by atoms with Crippen LogP contribution in [0, 0.1) is 6.92 Å². The normalized spacial score (nSPS) is 26.7. The molecule has 30 heavy (non-hydrogen) atoms. The zero-order chi connectivity index (χ0) is 20.6. The molecule has 3 nitrogen and oxygen atoms in total. The fourth-order valence-electron chi connectivity index (χ4n) is 6.49. The Morgan fingerprint density at radius 3 is 2.53 bits per heavy atom. The smallest absolute Gasteiger partial charge is 0.244 e. The lowest BCUT2D eigenvalue weighted by Crippen LogP contribution is -2.45. The van der Waals surface area contributed by atoms with Crippen LogP contribution in [0.1, 0.15) is 48.1 Å². The Kier molecular flexibility index (Phi) is 2.79. The van der Waals surface area contributed by atoms with Crippen molar-refractivity contribution in [2.24, 2.45) is 0 Å². The van der Waals surface area contributed by atoms with E-state index in [0.717, 1.165) is 0 Å². The molecule has 0 spiro atoms. The second-order valence-electron chi connectivity index (χ2n) is 9.73. The van der Waals surface area contributed by atoms with E-state index in [1.54, 1.807) is 7.11 Å². The molecule has 3 aromatic carbocycles. The second kappa shape index (κ2) is 4.93. The Morgan fingerprint density at radius 1 is 0.967 bits per heavy atom. The summed E-state index contributed by atoms with van der Waals surface area (Å²) in [5, 5.41) is 15.3. The molecule has 3 aliphatic rings. The minimum atomic E-state index is -1.17. The maximum Gasteiger partial charge on any atom is 0.244 e. The number of nitrogens with zero attached hydrogens (tertiary/aromatic N) is 1. The van der Waals surface area contributed by atoms with E-state index in [2.05, 4.69) is 79.9 Å². The van der Waals surface area contributed by atoms with Crippen molar-refractivity contribution in [3.8, 4) is 11.3 Å². The van der Waals surface area contributed by atoms with Crippen LogP contribution >= 0.6 is 0 Å². The molecule has 0 amide bonds. The van der Waals surface area contributed by atoms with Crippen molar-refractivity contribution in [2.75, 3.05) is 7.11 Å². The molecule has 3 heteroatoms. The third-order valence-corrected chi connectivity index (χ3v) is 7.98. The number of aromatic nitrogens is 1. The summed E-state index contributed by atoms with van der Waals surface area (Å²) in [5.74, 6) is -1.22. The highest BCUT2D eigenvalue weighted by Gasteiger charge is 2.77. The summed E-state index contributed by atoms with van der Waals surface area (Å²) in [6, 6.07) is 19.8. The average Bonchev–Trinajstić information content (AvgIpc) is 3.37. The van der Waals surface area contributed by atoms with Crippen molar-refractivity contribution in [3.05, 3.63) is 76.9 Å². The van der Waals surface area contributed by atoms with E-state index in [1.165, 1.54) is 55.2 Å². The van der Waals surface area contributed by atoms with Crippen LogP contribution in [0.2, 0.25) is 0 Å². The van der Waals surface area contributed by atoms with E-state index in [-0.39, 0.29) is 17.4 Å². The fraction of sp³-hybridized carbons (Fsp3) is 0.296. The molecule has 0 bridgehead atoms. The van der Waals surface area contributed by atoms with E-state index in [1.807, 2.05) is 0 Å². The largest absolute Gasteiger partial charge is 0.360 e. The molecule has 2 aliphatic carbocycles. The number of aliphatic hydroxyl groups is 1. The molecule has 1 aliphatic heterocycles. The van der Waals surface area contributed by atoms with Gasteiger partial charge in [0, 0.05) is 29.0 Å². The van der Waals surface area contributed by atoms with Crippen molar-refractivity contribution >= 4 is 21.7 Å². The number of fused-ring (bicyclic) bond motifs is 5. The molecule has 1 fully saturated rings. The third kappa shape index (κ3) is 1.64. The second-order valence-corrected chi connectivity index (χ2v) is 9.73. The van der Waals surface area contributed by atoms with Gasteiger partial charge in [0.05, 0.1) is 5.56 Å². The third-order valence-electron chi connectivity index (χ3n) is 7.98. The Bertz CT molecular complexity index is 1450. The van der Waals surface area contributed by atoms with E-state index in [0.29, 0.717) is 0 Å². The van der Waals surface area contributed by atoms with Crippen molar-refractivity contribution < 1.29 is 14.4 Å². The first-order valence-corrected chi connectivity index (χ1v) is 10.7. The van der Waals surface area contributed by atoms with Gasteiger partial charge in [-0.2, -0.15) is 4.57 Å². The van der Waals surface area contributed by atoms with Crippen molar-refractivity contribution in [2.45, 2.75) is 43.9 Å². The van der Waals surface area contributed by atoms with Crippen LogP contribution in [-0.2, 0) is 10.2 Å². The molecular weight excluding hydrogens is 370 g/mol. The lowest BCUT2D eigenvalue weighted by Gasteiger charge is -2.35. The number of methoxy groups -OCH3 is 1. The SMILES string of the molecule is COC1(O)C2c3ccc4cccc5c4c3-c3c(cc4cccc(C)c4[n+]3C21)C5(C)C. The summed E-state index contributed by atoms with van der Waals surface area (Å²) < 4.78 is 8.16. The monoisotopic (exact) mass is 394 g/mol. The van der Waals surface area contributed by atoms with Crippen LogP contribution in [0.25, 0.3) is 32.9 Å². The lowest BCUT2D eigenvalue weighted by molar-refractivity contribution is -0.678. The Hall–Kier alpha value is -2.75. The lowest BCUT2D eigenvalue weighted by atomic mass is 9.68. The summed E-state index contributed by atoms with van der Waals surface area (Å²) in [6.45, 7) is 6.83. The maximum absolute atomic E-state index is 11.5. The van der Waals surface area contributed by atoms with E-state index in [9.17, 15) is 5.11 Å². The van der Waals surface area contributed by atoms with Gasteiger partial charge in [0.25, 0.3) is 0 Å². The van der Waals surface area contributed by atoms with Crippen molar-refractivity contribution in [1.29, 1.82) is 0 Å². The van der Waals surface area contributed by atoms with Crippen LogP contribution in [0.15, 0.2) is 54.6 Å². The highest BCUT2D eigenvalue weighted by atomic mass is 16.6. The average molecular weight is 394 g/mol. The predicted molar refractivity (Wildman–Crippen MR) is 118 cm³/mol. The molecule has 1 N–H and O–H groups in total. The van der Waals surface area contributed by atoms with Gasteiger partial charge in [-0.05, 0) is 41.0 Å². The number of ether oxygens (including phenoxy) is 1. The maximum atomic E-state index is 11.5. The quantitative estimate of drug-likeness (QED) is 0.369. The highest BCUT2D eigenvalue weighted by Crippen LogP contribution is 2.66. The van der Waals surface area contributed by atoms with E-state index >= 15 is 0 Å². The summed E-state index contributed by atoms with van der Waals surface area (Å²) in [5.41, 5.74) is 8.76. The highest BCUT2D eigenvalue weighted by molar-refractivity contribution is 6.04. The number of aryl methyl sites for hydroxylation is 1. The first-order chi connectivity index (χ1) is 14.4. The molecule has 148 valence electrons. The zero-order valence-electron chi connectivity index (χ0n) is 17.7.